The number of halogens is 3. The van der Waals surface area contributed by atoms with Crippen molar-refractivity contribution in [1.29, 1.82) is 0 Å². The predicted molar refractivity (Wildman–Crippen MR) is 82.6 cm³/mol. The summed E-state index contributed by atoms with van der Waals surface area (Å²) >= 11 is 1.49. The number of hydrogen-bond donors (Lipinski definition) is 1. The van der Waals surface area contributed by atoms with E-state index in [0.717, 1.165) is 28.3 Å². The molecule has 1 unspecified atom stereocenters. The molecule has 1 atom stereocenters. The third kappa shape index (κ3) is 3.11. The van der Waals surface area contributed by atoms with Gasteiger partial charge in [0.2, 0.25) is 0 Å². The third-order valence-electron chi connectivity index (χ3n) is 3.35. The Hall–Kier alpha value is -1.95. The summed E-state index contributed by atoms with van der Waals surface area (Å²) in [6, 6.07) is 13.1. The minimum atomic E-state index is -4.31. The summed E-state index contributed by atoms with van der Waals surface area (Å²) in [5.41, 5.74) is 5.26. The first-order chi connectivity index (χ1) is 10.4. The summed E-state index contributed by atoms with van der Waals surface area (Å²) in [6.45, 7) is 2.01. The Morgan fingerprint density at radius 3 is 2.23 bits per heavy atom. The van der Waals surface area contributed by atoms with Gasteiger partial charge in [0.05, 0.1) is 5.56 Å². The molecule has 0 saturated heterocycles. The highest BCUT2D eigenvalue weighted by Gasteiger charge is 2.30. The van der Waals surface area contributed by atoms with Gasteiger partial charge in [0, 0.05) is 5.56 Å². The van der Waals surface area contributed by atoms with Gasteiger partial charge >= 0.3 is 6.18 Å². The predicted octanol–water partition coefficient (Wildman–Crippen LogP) is 4.71. The molecule has 0 aliphatic carbocycles. The summed E-state index contributed by atoms with van der Waals surface area (Å²) in [6.07, 6.45) is -4.31. The molecule has 2 aromatic carbocycles. The Balaban J connectivity index is 1.73. The second-order valence-electron chi connectivity index (χ2n) is 5.03. The average molecular weight is 322 g/mol. The van der Waals surface area contributed by atoms with Crippen molar-refractivity contribution in [3.8, 4) is 0 Å². The van der Waals surface area contributed by atoms with E-state index in [1.807, 2.05) is 31.2 Å². The van der Waals surface area contributed by atoms with Gasteiger partial charge in [-0.05, 0) is 24.6 Å². The van der Waals surface area contributed by atoms with Crippen LogP contribution in [0.15, 0.2) is 53.6 Å². The van der Waals surface area contributed by atoms with E-state index in [2.05, 4.69) is 10.5 Å². The van der Waals surface area contributed by atoms with E-state index in [1.165, 1.54) is 29.5 Å². The Kier molecular flexibility index (Phi) is 3.87. The van der Waals surface area contributed by atoms with Gasteiger partial charge in [0.15, 0.2) is 0 Å². The first-order valence-corrected chi connectivity index (χ1v) is 7.55. The first kappa shape index (κ1) is 15.0. The molecule has 0 radical (unpaired) electrons. The van der Waals surface area contributed by atoms with Crippen LogP contribution in [-0.2, 0) is 6.18 Å². The van der Waals surface area contributed by atoms with Gasteiger partial charge in [-0.3, -0.25) is 5.43 Å². The molecule has 1 N–H and O–H groups in total. The lowest BCUT2D eigenvalue weighted by Crippen LogP contribution is -2.08. The molecule has 0 spiro atoms. The summed E-state index contributed by atoms with van der Waals surface area (Å²) in [7, 11) is 0. The van der Waals surface area contributed by atoms with Crippen LogP contribution in [0.2, 0.25) is 0 Å². The zero-order chi connectivity index (χ0) is 15.7. The summed E-state index contributed by atoms with van der Waals surface area (Å²) in [4.78, 5) is 0. The maximum Gasteiger partial charge on any atom is 0.416 e. The molecule has 2 nitrogen and oxygen atoms in total. The van der Waals surface area contributed by atoms with E-state index in [-0.39, 0.29) is 5.37 Å². The third-order valence-corrected chi connectivity index (χ3v) is 4.52. The second-order valence-corrected chi connectivity index (χ2v) is 6.12. The molecule has 1 aliphatic rings. The Bertz CT molecular complexity index is 691. The number of aryl methyl sites for hydroxylation is 1. The molecule has 2 aromatic rings. The van der Waals surface area contributed by atoms with Crippen molar-refractivity contribution in [2.75, 3.05) is 0 Å². The fraction of sp³-hybridized carbons (Fsp3) is 0.188. The fourth-order valence-corrected chi connectivity index (χ4v) is 3.10. The quantitative estimate of drug-likeness (QED) is 0.866. The number of alkyl halides is 3. The first-order valence-electron chi connectivity index (χ1n) is 6.67. The number of hydrogen-bond acceptors (Lipinski definition) is 3. The van der Waals surface area contributed by atoms with E-state index in [9.17, 15) is 13.2 Å². The minimum absolute atomic E-state index is 0.168. The number of thioether (sulfide) groups is 1. The molecule has 0 amide bonds. The molecule has 0 bridgehead atoms. The van der Waals surface area contributed by atoms with Gasteiger partial charge in [-0.1, -0.05) is 53.7 Å². The molecule has 1 aliphatic heterocycles. The lowest BCUT2D eigenvalue weighted by molar-refractivity contribution is -0.137. The number of benzene rings is 2. The van der Waals surface area contributed by atoms with Gasteiger partial charge in [-0.2, -0.15) is 18.3 Å². The van der Waals surface area contributed by atoms with Crippen LogP contribution in [-0.4, -0.2) is 5.04 Å². The monoisotopic (exact) mass is 322 g/mol. The van der Waals surface area contributed by atoms with Crippen LogP contribution in [0.1, 0.15) is 27.6 Å². The van der Waals surface area contributed by atoms with Gasteiger partial charge in [-0.15, -0.1) is 0 Å². The van der Waals surface area contributed by atoms with Crippen LogP contribution in [0.25, 0.3) is 0 Å². The maximum absolute atomic E-state index is 12.6. The zero-order valence-corrected chi connectivity index (χ0v) is 12.5. The molecule has 0 aromatic heterocycles. The van der Waals surface area contributed by atoms with Gasteiger partial charge in [0.25, 0.3) is 0 Å². The molecule has 22 heavy (non-hydrogen) atoms. The van der Waals surface area contributed by atoms with Crippen LogP contribution in [0.4, 0.5) is 13.2 Å². The van der Waals surface area contributed by atoms with E-state index in [0.29, 0.717) is 0 Å². The second kappa shape index (κ2) is 5.68. The Morgan fingerprint density at radius 2 is 1.64 bits per heavy atom. The highest BCUT2D eigenvalue weighted by molar-refractivity contribution is 8.14. The van der Waals surface area contributed by atoms with Crippen LogP contribution < -0.4 is 5.43 Å². The molecule has 0 saturated carbocycles. The SMILES string of the molecule is Cc1ccc(C2=NNC(c3ccc(C(F)(F)F)cc3)S2)cc1. The number of rotatable bonds is 2. The van der Waals surface area contributed by atoms with Crippen LogP contribution in [0.3, 0.4) is 0 Å². The number of nitrogens with zero attached hydrogens (tertiary/aromatic N) is 1. The highest BCUT2D eigenvalue weighted by Crippen LogP contribution is 2.36. The topological polar surface area (TPSA) is 24.4 Å². The van der Waals surface area contributed by atoms with Crippen molar-refractivity contribution in [3.05, 3.63) is 70.8 Å². The zero-order valence-electron chi connectivity index (χ0n) is 11.7. The normalized spacial score (nSPS) is 18.0. The van der Waals surface area contributed by atoms with Crippen LogP contribution >= 0.6 is 11.8 Å². The van der Waals surface area contributed by atoms with E-state index in [1.54, 1.807) is 0 Å². The maximum atomic E-state index is 12.6. The molecule has 114 valence electrons. The smallest absolute Gasteiger partial charge is 0.291 e. The fourth-order valence-electron chi connectivity index (χ4n) is 2.10. The average Bonchev–Trinajstić information content (AvgIpc) is 2.97. The van der Waals surface area contributed by atoms with Gasteiger partial charge in [-0.25, -0.2) is 0 Å². The molecule has 0 fully saturated rings. The summed E-state index contributed by atoms with van der Waals surface area (Å²) in [5.74, 6) is 0. The summed E-state index contributed by atoms with van der Waals surface area (Å²) in [5, 5.41) is 4.94. The molecular weight excluding hydrogens is 309 g/mol. The summed E-state index contributed by atoms with van der Waals surface area (Å²) < 4.78 is 37.7. The molecule has 6 heteroatoms. The molecular formula is C16H13F3N2S. The van der Waals surface area contributed by atoms with Gasteiger partial charge < -0.3 is 0 Å². The van der Waals surface area contributed by atoms with Crippen molar-refractivity contribution in [3.63, 3.8) is 0 Å². The minimum Gasteiger partial charge on any atom is -0.291 e. The van der Waals surface area contributed by atoms with E-state index in [4.69, 9.17) is 0 Å². The number of hydrazone groups is 1. The standard InChI is InChI=1S/C16H13F3N2S/c1-10-2-4-11(5-3-10)14-20-21-15(22-14)12-6-8-13(9-7-12)16(17,18)19/h2-9,15,21H,1H3. The Morgan fingerprint density at radius 1 is 1.00 bits per heavy atom. The van der Waals surface area contributed by atoms with Crippen LogP contribution in [0.5, 0.6) is 0 Å². The molecule has 3 rings (SSSR count). The van der Waals surface area contributed by atoms with Crippen molar-refractivity contribution in [2.24, 2.45) is 5.10 Å². The lowest BCUT2D eigenvalue weighted by atomic mass is 10.1. The van der Waals surface area contributed by atoms with E-state index >= 15 is 0 Å². The largest absolute Gasteiger partial charge is 0.416 e. The van der Waals surface area contributed by atoms with Crippen molar-refractivity contribution in [1.82, 2.24) is 5.43 Å². The van der Waals surface area contributed by atoms with E-state index < -0.39 is 11.7 Å². The number of nitrogens with one attached hydrogen (secondary N) is 1. The van der Waals surface area contributed by atoms with Crippen molar-refractivity contribution >= 4 is 16.8 Å². The lowest BCUT2D eigenvalue weighted by Gasteiger charge is -2.11. The van der Waals surface area contributed by atoms with Gasteiger partial charge in [0.1, 0.15) is 10.4 Å². The van der Waals surface area contributed by atoms with Crippen LogP contribution in [0, 0.1) is 6.92 Å². The highest BCUT2D eigenvalue weighted by atomic mass is 32.2. The molecule has 1 heterocycles. The van der Waals surface area contributed by atoms with Crippen molar-refractivity contribution < 1.29 is 13.2 Å². The van der Waals surface area contributed by atoms with Crippen molar-refractivity contribution in [2.45, 2.75) is 18.5 Å². The Labute approximate surface area is 130 Å².